The summed E-state index contributed by atoms with van der Waals surface area (Å²) in [6.45, 7) is 0.0472. The summed E-state index contributed by atoms with van der Waals surface area (Å²) in [6.07, 6.45) is -0.0742. The molecular formula is C14H12N2O4. The summed E-state index contributed by atoms with van der Waals surface area (Å²) in [5.41, 5.74) is 1.41. The van der Waals surface area contributed by atoms with Crippen molar-refractivity contribution >= 4 is 17.6 Å². The predicted octanol–water partition coefficient (Wildman–Crippen LogP) is 1.66. The minimum atomic E-state index is -0.261. The van der Waals surface area contributed by atoms with E-state index in [2.05, 4.69) is 5.16 Å². The number of carbonyl (C=O) groups excluding carboxylic acids is 2. The van der Waals surface area contributed by atoms with E-state index in [1.807, 2.05) is 24.3 Å². The third-order valence-electron chi connectivity index (χ3n) is 3.11. The second-order valence-corrected chi connectivity index (χ2v) is 4.48. The number of carbonyl (C=O) groups is 2. The van der Waals surface area contributed by atoms with Crippen molar-refractivity contribution < 1.29 is 18.8 Å². The molecule has 0 radical (unpaired) electrons. The van der Waals surface area contributed by atoms with Gasteiger partial charge < -0.3 is 9.26 Å². The number of rotatable bonds is 3. The van der Waals surface area contributed by atoms with Gasteiger partial charge in [0.25, 0.3) is 0 Å². The molecule has 102 valence electrons. The van der Waals surface area contributed by atoms with Gasteiger partial charge in [0, 0.05) is 11.6 Å². The zero-order chi connectivity index (χ0) is 14.1. The van der Waals surface area contributed by atoms with Gasteiger partial charge in [-0.05, 0) is 12.1 Å². The van der Waals surface area contributed by atoms with Gasteiger partial charge in [0.05, 0.1) is 20.1 Å². The Kier molecular flexibility index (Phi) is 2.98. The van der Waals surface area contributed by atoms with Crippen molar-refractivity contribution in [1.82, 2.24) is 5.16 Å². The first kappa shape index (κ1) is 12.4. The minimum absolute atomic E-state index is 0.0472. The Labute approximate surface area is 114 Å². The summed E-state index contributed by atoms with van der Waals surface area (Å²) >= 11 is 0. The molecule has 1 aromatic carbocycles. The molecule has 3 rings (SSSR count). The number of nitrogens with zero attached hydrogens (tertiary/aromatic N) is 2. The number of hydrogen-bond acceptors (Lipinski definition) is 5. The molecule has 1 amide bonds. The van der Waals surface area contributed by atoms with Gasteiger partial charge in [0.2, 0.25) is 11.8 Å². The van der Waals surface area contributed by atoms with Crippen LogP contribution in [0.1, 0.15) is 6.42 Å². The van der Waals surface area contributed by atoms with Crippen molar-refractivity contribution in [2.75, 3.05) is 18.6 Å². The van der Waals surface area contributed by atoms with Crippen LogP contribution >= 0.6 is 0 Å². The Morgan fingerprint density at radius 3 is 2.85 bits per heavy atom. The van der Waals surface area contributed by atoms with E-state index in [4.69, 9.17) is 9.26 Å². The highest BCUT2D eigenvalue weighted by molar-refractivity contribution is 6.14. The Bertz CT molecular complexity index is 677. The molecular weight excluding hydrogens is 260 g/mol. The van der Waals surface area contributed by atoms with E-state index in [0.717, 1.165) is 5.56 Å². The number of benzene rings is 1. The molecule has 0 spiro atoms. The number of amides is 1. The number of ketones is 1. The molecule has 2 aromatic rings. The first-order valence-corrected chi connectivity index (χ1v) is 6.10. The van der Waals surface area contributed by atoms with Gasteiger partial charge in [-0.15, -0.1) is 0 Å². The maximum Gasteiger partial charge on any atom is 0.237 e. The molecule has 6 heteroatoms. The smallest absolute Gasteiger partial charge is 0.237 e. The zero-order valence-corrected chi connectivity index (χ0v) is 10.8. The van der Waals surface area contributed by atoms with Gasteiger partial charge in [0.1, 0.15) is 11.4 Å². The fourth-order valence-corrected chi connectivity index (χ4v) is 2.10. The van der Waals surface area contributed by atoms with Crippen molar-refractivity contribution in [1.29, 1.82) is 0 Å². The van der Waals surface area contributed by atoms with Crippen LogP contribution in [0.25, 0.3) is 11.3 Å². The topological polar surface area (TPSA) is 72.6 Å². The normalized spacial score (nSPS) is 14.9. The number of aromatic nitrogens is 1. The summed E-state index contributed by atoms with van der Waals surface area (Å²) in [5.74, 6) is 0.621. The van der Waals surface area contributed by atoms with Crippen LogP contribution in [0.4, 0.5) is 5.88 Å². The van der Waals surface area contributed by atoms with Gasteiger partial charge in [-0.25, -0.2) is 0 Å². The lowest BCUT2D eigenvalue weighted by Crippen LogP contribution is -2.23. The maximum absolute atomic E-state index is 11.6. The molecule has 2 heterocycles. The van der Waals surface area contributed by atoms with Crippen LogP contribution in [-0.4, -0.2) is 30.5 Å². The fourth-order valence-electron chi connectivity index (χ4n) is 2.10. The quantitative estimate of drug-likeness (QED) is 0.794. The molecule has 1 fully saturated rings. The molecule has 0 aliphatic carbocycles. The van der Waals surface area contributed by atoms with E-state index in [1.165, 1.54) is 4.90 Å². The lowest BCUT2D eigenvalue weighted by Gasteiger charge is -2.07. The molecule has 1 aliphatic rings. The second kappa shape index (κ2) is 4.80. The Morgan fingerprint density at radius 2 is 2.15 bits per heavy atom. The highest BCUT2D eigenvalue weighted by atomic mass is 16.5. The molecule has 0 N–H and O–H groups in total. The lowest BCUT2D eigenvalue weighted by atomic mass is 10.1. The SMILES string of the molecule is COc1cccc(-c2cc(N3CC(=O)CC3=O)on2)c1. The van der Waals surface area contributed by atoms with Gasteiger partial charge >= 0.3 is 0 Å². The van der Waals surface area contributed by atoms with E-state index in [1.54, 1.807) is 13.2 Å². The molecule has 1 aliphatic heterocycles. The summed E-state index contributed by atoms with van der Waals surface area (Å²) in [6, 6.07) is 8.99. The maximum atomic E-state index is 11.6. The van der Waals surface area contributed by atoms with Crippen LogP contribution < -0.4 is 9.64 Å². The van der Waals surface area contributed by atoms with Crippen LogP contribution in [0, 0.1) is 0 Å². The van der Waals surface area contributed by atoms with E-state index in [9.17, 15) is 9.59 Å². The molecule has 6 nitrogen and oxygen atoms in total. The van der Waals surface area contributed by atoms with Crippen molar-refractivity contribution in [2.24, 2.45) is 0 Å². The van der Waals surface area contributed by atoms with Crippen LogP contribution in [-0.2, 0) is 9.59 Å². The van der Waals surface area contributed by atoms with E-state index in [-0.39, 0.29) is 24.7 Å². The third-order valence-corrected chi connectivity index (χ3v) is 3.11. The molecule has 1 aromatic heterocycles. The molecule has 20 heavy (non-hydrogen) atoms. The van der Waals surface area contributed by atoms with Crippen molar-refractivity contribution in [3.05, 3.63) is 30.3 Å². The molecule has 0 unspecified atom stereocenters. The Morgan fingerprint density at radius 1 is 1.30 bits per heavy atom. The van der Waals surface area contributed by atoms with Gasteiger partial charge in [-0.1, -0.05) is 17.3 Å². The summed E-state index contributed by atoms with van der Waals surface area (Å²) in [7, 11) is 1.59. The van der Waals surface area contributed by atoms with Crippen LogP contribution in [0.15, 0.2) is 34.9 Å². The zero-order valence-electron chi connectivity index (χ0n) is 10.8. The van der Waals surface area contributed by atoms with Crippen molar-refractivity contribution in [2.45, 2.75) is 6.42 Å². The van der Waals surface area contributed by atoms with Crippen molar-refractivity contribution in [3.8, 4) is 17.0 Å². The Hall–Kier alpha value is -2.63. The van der Waals surface area contributed by atoms with Crippen LogP contribution in [0.5, 0.6) is 5.75 Å². The number of anilines is 1. The van der Waals surface area contributed by atoms with E-state index in [0.29, 0.717) is 17.3 Å². The summed E-state index contributed by atoms with van der Waals surface area (Å²) < 4.78 is 10.3. The van der Waals surface area contributed by atoms with E-state index < -0.39 is 0 Å². The third kappa shape index (κ3) is 2.16. The number of Topliss-reactive ketones (excluding diaryl/α,β-unsaturated/α-hetero) is 1. The van der Waals surface area contributed by atoms with E-state index >= 15 is 0 Å². The van der Waals surface area contributed by atoms with Crippen LogP contribution in [0.2, 0.25) is 0 Å². The average Bonchev–Trinajstić information content (AvgIpc) is 3.05. The molecule has 0 bridgehead atoms. The number of hydrogen-bond donors (Lipinski definition) is 0. The summed E-state index contributed by atoms with van der Waals surface area (Å²) in [4.78, 5) is 24.2. The largest absolute Gasteiger partial charge is 0.497 e. The highest BCUT2D eigenvalue weighted by Crippen LogP contribution is 2.28. The summed E-state index contributed by atoms with van der Waals surface area (Å²) in [5, 5.41) is 3.93. The van der Waals surface area contributed by atoms with Gasteiger partial charge in [-0.3, -0.25) is 14.5 Å². The Balaban J connectivity index is 1.90. The first-order valence-electron chi connectivity index (χ1n) is 6.10. The lowest BCUT2D eigenvalue weighted by molar-refractivity contribution is -0.121. The molecule has 1 saturated heterocycles. The fraction of sp³-hybridized carbons (Fsp3) is 0.214. The predicted molar refractivity (Wildman–Crippen MR) is 70.5 cm³/mol. The highest BCUT2D eigenvalue weighted by Gasteiger charge is 2.31. The van der Waals surface area contributed by atoms with Gasteiger partial charge in [0.15, 0.2) is 5.78 Å². The molecule has 0 saturated carbocycles. The standard InChI is InChI=1S/C14H12N2O4/c1-19-11-4-2-3-9(5-11)12-7-14(20-15-12)16-8-10(17)6-13(16)18/h2-5,7H,6,8H2,1H3. The monoisotopic (exact) mass is 272 g/mol. The second-order valence-electron chi connectivity index (χ2n) is 4.48. The number of methoxy groups -OCH3 is 1. The number of ether oxygens (including phenoxy) is 1. The first-order chi connectivity index (χ1) is 9.67. The van der Waals surface area contributed by atoms with Crippen molar-refractivity contribution in [3.63, 3.8) is 0 Å². The average molecular weight is 272 g/mol. The van der Waals surface area contributed by atoms with Crippen LogP contribution in [0.3, 0.4) is 0 Å². The molecule has 0 atom stereocenters. The minimum Gasteiger partial charge on any atom is -0.497 e. The van der Waals surface area contributed by atoms with Gasteiger partial charge in [-0.2, -0.15) is 0 Å².